The Morgan fingerprint density at radius 2 is 1.83 bits per heavy atom. The van der Waals surface area contributed by atoms with Crippen molar-refractivity contribution in [3.05, 3.63) is 77.3 Å². The van der Waals surface area contributed by atoms with Gasteiger partial charge in [0.1, 0.15) is 11.8 Å². The fourth-order valence-electron chi connectivity index (χ4n) is 4.16. The Labute approximate surface area is 212 Å². The molecule has 2 aliphatic heterocycles. The van der Waals surface area contributed by atoms with E-state index in [-0.39, 0.29) is 19.8 Å². The number of benzene rings is 3. The topological polar surface area (TPSA) is 97.4 Å². The summed E-state index contributed by atoms with van der Waals surface area (Å²) in [5, 5.41) is 3.30. The van der Waals surface area contributed by atoms with Crippen LogP contribution in [0.4, 0.5) is 16.2 Å². The van der Waals surface area contributed by atoms with E-state index in [1.54, 1.807) is 66.7 Å². The Bertz CT molecular complexity index is 1330. The maximum absolute atomic E-state index is 13.5. The molecule has 0 aromatic heterocycles. The number of nitrogens with zero attached hydrogens (tertiary/aromatic N) is 2. The third-order valence-corrected chi connectivity index (χ3v) is 6.18. The van der Waals surface area contributed by atoms with Crippen molar-refractivity contribution in [2.45, 2.75) is 19.0 Å². The zero-order chi connectivity index (χ0) is 25.2. The summed E-state index contributed by atoms with van der Waals surface area (Å²) < 4.78 is 16.1. The lowest BCUT2D eigenvalue weighted by Gasteiger charge is -2.22. The molecule has 1 atom stereocenters. The first-order valence-corrected chi connectivity index (χ1v) is 11.5. The van der Waals surface area contributed by atoms with Crippen LogP contribution >= 0.6 is 11.6 Å². The number of fused-ring (bicyclic) bond motifs is 1. The summed E-state index contributed by atoms with van der Waals surface area (Å²) >= 11 is 5.92. The van der Waals surface area contributed by atoms with E-state index in [9.17, 15) is 14.4 Å². The number of rotatable bonds is 7. The molecule has 4 amide bonds. The summed E-state index contributed by atoms with van der Waals surface area (Å²) in [6.07, 6.45) is -0.224. The van der Waals surface area contributed by atoms with Crippen molar-refractivity contribution in [3.8, 4) is 17.2 Å². The summed E-state index contributed by atoms with van der Waals surface area (Å²) in [7, 11) is 1.50. The molecule has 0 spiro atoms. The molecule has 184 valence electrons. The van der Waals surface area contributed by atoms with Gasteiger partial charge in [-0.3, -0.25) is 9.59 Å². The number of halogens is 1. The highest BCUT2D eigenvalue weighted by molar-refractivity contribution is 6.30. The minimum Gasteiger partial charge on any atom is -0.497 e. The van der Waals surface area contributed by atoms with Crippen LogP contribution in [-0.4, -0.2) is 42.7 Å². The second kappa shape index (κ2) is 9.79. The Balaban J connectivity index is 1.42. The van der Waals surface area contributed by atoms with E-state index in [1.807, 2.05) is 0 Å². The zero-order valence-electron chi connectivity index (χ0n) is 19.3. The van der Waals surface area contributed by atoms with Gasteiger partial charge in [-0.2, -0.15) is 0 Å². The van der Waals surface area contributed by atoms with Gasteiger partial charge in [0.05, 0.1) is 19.2 Å². The van der Waals surface area contributed by atoms with Gasteiger partial charge in [-0.15, -0.1) is 0 Å². The lowest BCUT2D eigenvalue weighted by Crippen LogP contribution is -2.37. The molecular weight excluding hydrogens is 486 g/mol. The van der Waals surface area contributed by atoms with Crippen molar-refractivity contribution in [2.75, 3.05) is 24.1 Å². The molecule has 2 aliphatic rings. The Morgan fingerprint density at radius 3 is 2.61 bits per heavy atom. The highest BCUT2D eigenvalue weighted by atomic mass is 35.5. The third kappa shape index (κ3) is 4.65. The average molecular weight is 508 g/mol. The van der Waals surface area contributed by atoms with Crippen LogP contribution in [0, 0.1) is 0 Å². The fourth-order valence-corrected chi connectivity index (χ4v) is 4.28. The van der Waals surface area contributed by atoms with Gasteiger partial charge in [0.2, 0.25) is 12.7 Å². The van der Waals surface area contributed by atoms with Crippen LogP contribution in [0.25, 0.3) is 0 Å². The van der Waals surface area contributed by atoms with E-state index in [1.165, 1.54) is 12.0 Å². The minimum atomic E-state index is -1.01. The first-order valence-electron chi connectivity index (χ1n) is 11.2. The Kier molecular flexibility index (Phi) is 6.39. The maximum atomic E-state index is 13.5. The van der Waals surface area contributed by atoms with E-state index in [2.05, 4.69) is 5.32 Å². The van der Waals surface area contributed by atoms with Crippen molar-refractivity contribution in [1.82, 2.24) is 4.90 Å². The highest BCUT2D eigenvalue weighted by Gasteiger charge is 2.46. The van der Waals surface area contributed by atoms with E-state index in [0.717, 1.165) is 10.5 Å². The SMILES string of the molecule is COc1cccc(N2C(=O)[C@@H](CC(=O)Nc3ccc(Cl)cc3)N(Cc3ccc4c(c3)OCO4)C2=O)c1. The number of anilines is 2. The third-order valence-electron chi connectivity index (χ3n) is 5.93. The van der Waals surface area contributed by atoms with Crippen molar-refractivity contribution in [3.63, 3.8) is 0 Å². The molecule has 9 nitrogen and oxygen atoms in total. The normalized spacial score (nSPS) is 16.4. The molecule has 0 unspecified atom stereocenters. The molecular formula is C26H22ClN3O6. The Morgan fingerprint density at radius 1 is 1.06 bits per heavy atom. The first kappa shape index (κ1) is 23.5. The van der Waals surface area contributed by atoms with Gasteiger partial charge in [0, 0.05) is 23.3 Å². The van der Waals surface area contributed by atoms with Gasteiger partial charge < -0.3 is 24.4 Å². The van der Waals surface area contributed by atoms with Gasteiger partial charge >= 0.3 is 6.03 Å². The molecule has 3 aromatic rings. The number of hydrogen-bond donors (Lipinski definition) is 1. The number of methoxy groups -OCH3 is 1. The number of hydrogen-bond acceptors (Lipinski definition) is 6. The predicted molar refractivity (Wildman–Crippen MR) is 132 cm³/mol. The summed E-state index contributed by atoms with van der Waals surface area (Å²) in [5.41, 5.74) is 1.63. The van der Waals surface area contributed by atoms with Crippen LogP contribution in [0.2, 0.25) is 5.02 Å². The molecule has 3 aromatic carbocycles. The molecule has 1 N–H and O–H groups in total. The summed E-state index contributed by atoms with van der Waals surface area (Å²) in [4.78, 5) is 42.4. The van der Waals surface area contributed by atoms with Crippen molar-refractivity contribution >= 4 is 40.8 Å². The van der Waals surface area contributed by atoms with E-state index in [0.29, 0.717) is 33.6 Å². The second-order valence-corrected chi connectivity index (χ2v) is 8.68. The molecule has 1 fully saturated rings. The van der Waals surface area contributed by atoms with Gasteiger partial charge in [-0.25, -0.2) is 9.69 Å². The number of urea groups is 1. The van der Waals surface area contributed by atoms with Crippen molar-refractivity contribution < 1.29 is 28.6 Å². The maximum Gasteiger partial charge on any atom is 0.332 e. The average Bonchev–Trinajstić information content (AvgIpc) is 3.43. The predicted octanol–water partition coefficient (Wildman–Crippen LogP) is 4.44. The number of imide groups is 1. The van der Waals surface area contributed by atoms with Gasteiger partial charge in [-0.1, -0.05) is 23.7 Å². The van der Waals surface area contributed by atoms with Crippen LogP contribution in [0.15, 0.2) is 66.7 Å². The van der Waals surface area contributed by atoms with E-state index >= 15 is 0 Å². The first-order chi connectivity index (χ1) is 17.4. The lowest BCUT2D eigenvalue weighted by atomic mass is 10.1. The quantitative estimate of drug-likeness (QED) is 0.475. The number of nitrogens with one attached hydrogen (secondary N) is 1. The van der Waals surface area contributed by atoms with Crippen LogP contribution in [0.5, 0.6) is 17.2 Å². The zero-order valence-corrected chi connectivity index (χ0v) is 20.0. The van der Waals surface area contributed by atoms with Crippen LogP contribution in [0.1, 0.15) is 12.0 Å². The van der Waals surface area contributed by atoms with Crippen LogP contribution < -0.4 is 24.4 Å². The number of amides is 4. The fraction of sp³-hybridized carbons (Fsp3) is 0.192. The lowest BCUT2D eigenvalue weighted by molar-refractivity contribution is -0.124. The van der Waals surface area contributed by atoms with Crippen molar-refractivity contribution in [2.24, 2.45) is 0 Å². The number of carbonyl (C=O) groups excluding carboxylic acids is 3. The van der Waals surface area contributed by atoms with Crippen LogP contribution in [-0.2, 0) is 16.1 Å². The summed E-state index contributed by atoms with van der Waals surface area (Å²) in [6, 6.07) is 17.0. The van der Waals surface area contributed by atoms with Gasteiger partial charge in [0.15, 0.2) is 11.5 Å². The Hall–Kier alpha value is -4.24. The summed E-state index contributed by atoms with van der Waals surface area (Å²) in [5.74, 6) is 0.762. The number of ether oxygens (including phenoxy) is 3. The molecule has 0 radical (unpaired) electrons. The van der Waals surface area contributed by atoms with Gasteiger partial charge in [-0.05, 0) is 54.1 Å². The van der Waals surface area contributed by atoms with Gasteiger partial charge in [0.25, 0.3) is 5.91 Å². The van der Waals surface area contributed by atoms with E-state index in [4.69, 9.17) is 25.8 Å². The number of carbonyl (C=O) groups is 3. The molecule has 36 heavy (non-hydrogen) atoms. The highest BCUT2D eigenvalue weighted by Crippen LogP contribution is 2.35. The minimum absolute atomic E-state index is 0.0978. The molecule has 2 heterocycles. The largest absolute Gasteiger partial charge is 0.497 e. The monoisotopic (exact) mass is 507 g/mol. The summed E-state index contributed by atoms with van der Waals surface area (Å²) in [6.45, 7) is 0.220. The molecule has 5 rings (SSSR count). The van der Waals surface area contributed by atoms with Crippen LogP contribution in [0.3, 0.4) is 0 Å². The molecule has 0 bridgehead atoms. The standard InChI is InChI=1S/C26H22ClN3O6/c1-34-20-4-2-3-19(12-20)30-25(32)21(13-24(31)28-18-8-6-17(27)7-9-18)29(26(30)33)14-16-5-10-22-23(11-16)36-15-35-22/h2-12,21H,13-15H2,1H3,(H,28,31)/t21-/m1/s1. The molecule has 1 saturated heterocycles. The van der Waals surface area contributed by atoms with E-state index < -0.39 is 23.9 Å². The molecule has 0 aliphatic carbocycles. The molecule has 0 saturated carbocycles. The second-order valence-electron chi connectivity index (χ2n) is 8.25. The molecule has 10 heteroatoms. The van der Waals surface area contributed by atoms with Crippen molar-refractivity contribution in [1.29, 1.82) is 0 Å². The smallest absolute Gasteiger partial charge is 0.332 e.